The number of amides is 1. The molecule has 0 saturated carbocycles. The Morgan fingerprint density at radius 1 is 1.23 bits per heavy atom. The zero-order valence-electron chi connectivity index (χ0n) is 20.8. The van der Waals surface area contributed by atoms with Crippen molar-refractivity contribution in [3.63, 3.8) is 0 Å². The number of nitrogens with zero attached hydrogens (tertiary/aromatic N) is 2. The molecule has 188 valence electrons. The van der Waals surface area contributed by atoms with E-state index in [4.69, 9.17) is 21.2 Å². The van der Waals surface area contributed by atoms with Gasteiger partial charge in [-0.25, -0.2) is 4.79 Å². The van der Waals surface area contributed by atoms with Crippen LogP contribution in [0.1, 0.15) is 65.6 Å². The third kappa shape index (κ3) is 7.56. The Morgan fingerprint density at radius 2 is 2.00 bits per heavy atom. The van der Waals surface area contributed by atoms with Crippen LogP contribution >= 0.6 is 11.6 Å². The minimum atomic E-state index is -0.413. The fourth-order valence-corrected chi connectivity index (χ4v) is 4.63. The van der Waals surface area contributed by atoms with Crippen molar-refractivity contribution in [2.75, 3.05) is 26.3 Å². The van der Waals surface area contributed by atoms with Gasteiger partial charge in [-0.1, -0.05) is 47.6 Å². The summed E-state index contributed by atoms with van der Waals surface area (Å²) in [5, 5.41) is 4.79. The summed E-state index contributed by atoms with van der Waals surface area (Å²) in [7, 11) is 0. The number of allylic oxidation sites excluding steroid dienone is 4. The number of hydrogen-bond donors (Lipinski definition) is 0. The average molecular weight is 499 g/mol. The summed E-state index contributed by atoms with van der Waals surface area (Å²) in [5.41, 5.74) is 4.39. The van der Waals surface area contributed by atoms with Gasteiger partial charge in [0.1, 0.15) is 0 Å². The quantitative estimate of drug-likeness (QED) is 0.383. The lowest BCUT2D eigenvalue weighted by Gasteiger charge is -2.26. The molecule has 1 aromatic carbocycles. The molecule has 0 atom stereocenters. The van der Waals surface area contributed by atoms with E-state index >= 15 is 0 Å². The molecule has 6 nitrogen and oxygen atoms in total. The van der Waals surface area contributed by atoms with Crippen LogP contribution in [0.15, 0.2) is 47.7 Å². The average Bonchev–Trinajstić information content (AvgIpc) is 2.85. The zero-order valence-corrected chi connectivity index (χ0v) is 21.5. The first kappa shape index (κ1) is 26.7. The predicted molar refractivity (Wildman–Crippen MR) is 140 cm³/mol. The minimum absolute atomic E-state index is 0.0605. The molecule has 7 heteroatoms. The maximum absolute atomic E-state index is 13.1. The summed E-state index contributed by atoms with van der Waals surface area (Å²) in [6.45, 7) is 9.33. The van der Waals surface area contributed by atoms with E-state index in [1.165, 1.54) is 0 Å². The lowest BCUT2D eigenvalue weighted by atomic mass is 9.94. The smallest absolute Gasteiger partial charge is 0.338 e. The van der Waals surface area contributed by atoms with Crippen LogP contribution in [0.2, 0.25) is 5.02 Å². The summed E-state index contributed by atoms with van der Waals surface area (Å²) in [6, 6.07) is 1.89. The number of carbonyl (C=O) groups excluding carboxylic acids is 2. The van der Waals surface area contributed by atoms with Gasteiger partial charge in [0.2, 0.25) is 0 Å². The molecule has 0 bridgehead atoms. The Kier molecular flexibility index (Phi) is 10.2. The van der Waals surface area contributed by atoms with Gasteiger partial charge in [-0.05, 0) is 74.3 Å². The fraction of sp³-hybridized carbons (Fsp3) is 0.464. The summed E-state index contributed by atoms with van der Waals surface area (Å²) < 4.78 is 5.61. The number of hydrogen-bond acceptors (Lipinski definition) is 5. The van der Waals surface area contributed by atoms with Crippen molar-refractivity contribution in [2.24, 2.45) is 5.16 Å². The van der Waals surface area contributed by atoms with Crippen molar-refractivity contribution < 1.29 is 19.2 Å². The number of aryl methyl sites for hydroxylation is 2. The standard InChI is InChI=1S/C28H35ClN2O4/c1-4-22-11-7-5-8-12-23(30-35-19-25(32)31-14-9-6-10-15-31)18-24-26(28(33)34-16-13-22)20(2)17-21(3)27(24)29/h4,8,11-12,17H,1,5-7,9-10,13-16,18-19H2,2-3H3/b12-8+,22-11+,30-23-. The second-order valence-electron chi connectivity index (χ2n) is 9.00. The van der Waals surface area contributed by atoms with Gasteiger partial charge in [0, 0.05) is 31.0 Å². The highest BCUT2D eigenvalue weighted by Crippen LogP contribution is 2.29. The minimum Gasteiger partial charge on any atom is -0.462 e. The number of benzene rings is 1. The molecule has 2 heterocycles. The second-order valence-corrected chi connectivity index (χ2v) is 9.38. The van der Waals surface area contributed by atoms with E-state index in [-0.39, 0.29) is 25.5 Å². The number of carbonyl (C=O) groups is 2. The molecule has 0 spiro atoms. The molecule has 0 radical (unpaired) electrons. The third-order valence-electron chi connectivity index (χ3n) is 6.32. The van der Waals surface area contributed by atoms with Crippen LogP contribution in [0.4, 0.5) is 0 Å². The van der Waals surface area contributed by atoms with Crippen LogP contribution in [0, 0.1) is 13.8 Å². The number of oxime groups is 1. The highest BCUT2D eigenvalue weighted by Gasteiger charge is 2.22. The number of esters is 1. The molecule has 1 fully saturated rings. The summed E-state index contributed by atoms with van der Waals surface area (Å²) in [4.78, 5) is 32.9. The molecular formula is C28H35ClN2O4. The summed E-state index contributed by atoms with van der Waals surface area (Å²) in [5.74, 6) is -0.473. The number of ether oxygens (including phenoxy) is 1. The maximum Gasteiger partial charge on any atom is 0.338 e. The molecule has 3 rings (SSSR count). The van der Waals surface area contributed by atoms with Gasteiger partial charge in [0.15, 0.2) is 6.61 Å². The lowest BCUT2D eigenvalue weighted by Crippen LogP contribution is -2.37. The molecule has 0 aromatic heterocycles. The van der Waals surface area contributed by atoms with Crippen molar-refractivity contribution in [1.29, 1.82) is 0 Å². The molecule has 1 aromatic rings. The van der Waals surface area contributed by atoms with E-state index in [2.05, 4.69) is 17.8 Å². The first-order chi connectivity index (χ1) is 16.9. The van der Waals surface area contributed by atoms with Crippen molar-refractivity contribution in [3.8, 4) is 0 Å². The molecule has 1 amide bonds. The number of likely N-dealkylation sites (tertiary alicyclic amines) is 1. The topological polar surface area (TPSA) is 68.2 Å². The van der Waals surface area contributed by atoms with E-state index in [0.29, 0.717) is 28.3 Å². The number of piperidine rings is 1. The van der Waals surface area contributed by atoms with Gasteiger partial charge in [-0.2, -0.15) is 0 Å². The van der Waals surface area contributed by atoms with Crippen molar-refractivity contribution in [1.82, 2.24) is 4.90 Å². The Hall–Kier alpha value is -2.86. The van der Waals surface area contributed by atoms with Gasteiger partial charge in [0.25, 0.3) is 5.91 Å². The number of halogens is 1. The van der Waals surface area contributed by atoms with Gasteiger partial charge in [-0.15, -0.1) is 0 Å². The van der Waals surface area contributed by atoms with E-state index in [1.54, 1.807) is 6.08 Å². The highest BCUT2D eigenvalue weighted by atomic mass is 35.5. The van der Waals surface area contributed by atoms with E-state index in [0.717, 1.165) is 61.9 Å². The largest absolute Gasteiger partial charge is 0.462 e. The van der Waals surface area contributed by atoms with E-state index in [1.807, 2.05) is 37.0 Å². The molecular weight excluding hydrogens is 464 g/mol. The maximum atomic E-state index is 13.1. The molecule has 2 aliphatic heterocycles. The first-order valence-corrected chi connectivity index (χ1v) is 12.7. The SMILES string of the molecule is C=C/C1=C\CC/C=C/C(=N/OCC(=O)N2CCCCC2)Cc2c(Cl)c(C)cc(C)c2C(=O)OCC1. The normalized spacial score (nSPS) is 21.2. The molecule has 35 heavy (non-hydrogen) atoms. The first-order valence-electron chi connectivity index (χ1n) is 12.3. The van der Waals surface area contributed by atoms with Gasteiger partial charge in [0.05, 0.1) is 17.9 Å². The van der Waals surface area contributed by atoms with Crippen LogP contribution in [-0.2, 0) is 20.8 Å². The van der Waals surface area contributed by atoms with Gasteiger partial charge >= 0.3 is 5.97 Å². The van der Waals surface area contributed by atoms with Gasteiger partial charge < -0.3 is 14.5 Å². The molecule has 0 unspecified atom stereocenters. The number of cyclic esters (lactones) is 1. The molecule has 0 N–H and O–H groups in total. The lowest BCUT2D eigenvalue weighted by molar-refractivity contribution is -0.137. The second kappa shape index (κ2) is 13.3. The van der Waals surface area contributed by atoms with Gasteiger partial charge in [-0.3, -0.25) is 4.79 Å². The predicted octanol–water partition coefficient (Wildman–Crippen LogP) is 5.89. The Morgan fingerprint density at radius 3 is 2.74 bits per heavy atom. The third-order valence-corrected chi connectivity index (χ3v) is 6.84. The highest BCUT2D eigenvalue weighted by molar-refractivity contribution is 6.33. The Balaban J connectivity index is 1.89. The Bertz CT molecular complexity index is 1040. The van der Waals surface area contributed by atoms with Crippen molar-refractivity contribution in [2.45, 2.75) is 58.8 Å². The Labute approximate surface area is 213 Å². The zero-order chi connectivity index (χ0) is 25.2. The van der Waals surface area contributed by atoms with E-state index in [9.17, 15) is 9.59 Å². The van der Waals surface area contributed by atoms with Crippen molar-refractivity contribution in [3.05, 3.63) is 69.8 Å². The summed E-state index contributed by atoms with van der Waals surface area (Å²) >= 11 is 6.69. The van der Waals surface area contributed by atoms with Crippen LogP contribution in [0.5, 0.6) is 0 Å². The van der Waals surface area contributed by atoms with Crippen LogP contribution < -0.4 is 0 Å². The van der Waals surface area contributed by atoms with Crippen molar-refractivity contribution >= 4 is 29.2 Å². The molecule has 2 aliphatic rings. The van der Waals surface area contributed by atoms with Crippen LogP contribution in [0.3, 0.4) is 0 Å². The van der Waals surface area contributed by atoms with Crippen LogP contribution in [-0.4, -0.2) is 48.8 Å². The summed E-state index contributed by atoms with van der Waals surface area (Å²) in [6.07, 6.45) is 13.5. The fourth-order valence-electron chi connectivity index (χ4n) is 4.41. The van der Waals surface area contributed by atoms with Crippen LogP contribution in [0.25, 0.3) is 0 Å². The molecule has 1 saturated heterocycles. The molecule has 0 aliphatic carbocycles. The number of fused-ring (bicyclic) bond motifs is 1. The van der Waals surface area contributed by atoms with E-state index < -0.39 is 5.97 Å². The number of rotatable bonds is 4. The monoisotopic (exact) mass is 498 g/mol.